The number of imide groups is 1. The molecule has 3 atom stereocenters. The van der Waals surface area contributed by atoms with Crippen LogP contribution >= 0.6 is 0 Å². The van der Waals surface area contributed by atoms with Crippen LogP contribution in [0.3, 0.4) is 0 Å². The Bertz CT molecular complexity index is 684. The van der Waals surface area contributed by atoms with Crippen molar-refractivity contribution in [3.05, 3.63) is 42.0 Å². The number of hydrogen-bond acceptors (Lipinski definition) is 3. The Morgan fingerprint density at radius 3 is 2.33 bits per heavy atom. The lowest BCUT2D eigenvalue weighted by atomic mass is 9.85. The van der Waals surface area contributed by atoms with Gasteiger partial charge >= 0.3 is 0 Å². The molecule has 126 valence electrons. The van der Waals surface area contributed by atoms with Gasteiger partial charge in [-0.1, -0.05) is 37.3 Å². The predicted octanol–water partition coefficient (Wildman–Crippen LogP) is 2.53. The lowest BCUT2D eigenvalue weighted by Gasteiger charge is -2.23. The van der Waals surface area contributed by atoms with Crippen LogP contribution in [0, 0.1) is 11.8 Å². The van der Waals surface area contributed by atoms with Gasteiger partial charge in [-0.2, -0.15) is 0 Å². The molecular weight excluding hydrogens is 304 g/mol. The fourth-order valence-corrected chi connectivity index (χ4v) is 3.51. The van der Waals surface area contributed by atoms with Gasteiger partial charge in [0.05, 0.1) is 11.8 Å². The Labute approximate surface area is 141 Å². The van der Waals surface area contributed by atoms with E-state index in [2.05, 4.69) is 5.32 Å². The third-order valence-electron chi connectivity index (χ3n) is 4.96. The van der Waals surface area contributed by atoms with Gasteiger partial charge in [0, 0.05) is 5.69 Å². The summed E-state index contributed by atoms with van der Waals surface area (Å²) in [6.07, 6.45) is 5.84. The molecule has 1 aromatic carbocycles. The molecule has 1 saturated heterocycles. The monoisotopic (exact) mass is 326 g/mol. The normalized spacial score (nSPS) is 24.0. The summed E-state index contributed by atoms with van der Waals surface area (Å²) in [4.78, 5) is 38.9. The van der Waals surface area contributed by atoms with Crippen LogP contribution in [0.2, 0.25) is 0 Å². The molecule has 1 fully saturated rings. The number of carbonyl (C=O) groups is 3. The van der Waals surface area contributed by atoms with E-state index in [9.17, 15) is 14.4 Å². The molecule has 1 aliphatic carbocycles. The van der Waals surface area contributed by atoms with Crippen LogP contribution in [-0.2, 0) is 20.8 Å². The van der Waals surface area contributed by atoms with Gasteiger partial charge in [-0.15, -0.1) is 0 Å². The third kappa shape index (κ3) is 2.75. The largest absolute Gasteiger partial charge is 0.324 e. The highest BCUT2D eigenvalue weighted by Gasteiger charge is 2.50. The number of likely N-dealkylation sites (tertiary alicyclic amines) is 1. The molecule has 0 unspecified atom stereocenters. The van der Waals surface area contributed by atoms with Gasteiger partial charge in [-0.25, -0.2) is 0 Å². The van der Waals surface area contributed by atoms with Crippen molar-refractivity contribution in [1.29, 1.82) is 0 Å². The smallest absolute Gasteiger partial charge is 0.247 e. The summed E-state index contributed by atoms with van der Waals surface area (Å²) in [6.45, 7) is 3.63. The first kappa shape index (κ1) is 16.4. The molecule has 2 aliphatic rings. The Hall–Kier alpha value is -2.43. The number of fused-ring (bicyclic) bond motifs is 1. The molecule has 1 aromatic rings. The number of benzene rings is 1. The van der Waals surface area contributed by atoms with Crippen molar-refractivity contribution in [3.63, 3.8) is 0 Å². The highest BCUT2D eigenvalue weighted by atomic mass is 16.2. The van der Waals surface area contributed by atoms with Crippen LogP contribution in [0.4, 0.5) is 5.69 Å². The van der Waals surface area contributed by atoms with Crippen molar-refractivity contribution >= 4 is 23.4 Å². The maximum absolute atomic E-state index is 12.6. The first-order chi connectivity index (χ1) is 11.5. The predicted molar refractivity (Wildman–Crippen MR) is 91.1 cm³/mol. The zero-order valence-corrected chi connectivity index (χ0v) is 14.0. The van der Waals surface area contributed by atoms with Crippen LogP contribution in [-0.4, -0.2) is 28.7 Å². The molecule has 3 amide bonds. The number of nitrogens with zero attached hydrogens (tertiary/aromatic N) is 1. The number of para-hydroxylation sites is 1. The van der Waals surface area contributed by atoms with E-state index in [1.165, 1.54) is 0 Å². The van der Waals surface area contributed by atoms with Crippen molar-refractivity contribution in [2.75, 3.05) is 5.32 Å². The van der Waals surface area contributed by atoms with Crippen molar-refractivity contribution in [2.45, 2.75) is 39.2 Å². The summed E-state index contributed by atoms with van der Waals surface area (Å²) >= 11 is 0. The number of amides is 3. The number of anilines is 1. The van der Waals surface area contributed by atoms with Gasteiger partial charge in [0.15, 0.2) is 0 Å². The highest BCUT2D eigenvalue weighted by Crippen LogP contribution is 2.36. The second-order valence-corrected chi connectivity index (χ2v) is 6.38. The van der Waals surface area contributed by atoms with Gasteiger partial charge in [0.25, 0.3) is 0 Å². The van der Waals surface area contributed by atoms with E-state index in [0.29, 0.717) is 12.8 Å². The summed E-state index contributed by atoms with van der Waals surface area (Å²) in [5, 5.41) is 2.86. The highest BCUT2D eigenvalue weighted by molar-refractivity contribution is 6.10. The molecular formula is C19H22N2O3. The summed E-state index contributed by atoms with van der Waals surface area (Å²) < 4.78 is 0. The number of hydrogen-bond donors (Lipinski definition) is 1. The number of allylic oxidation sites excluding steroid dienone is 2. The van der Waals surface area contributed by atoms with E-state index in [4.69, 9.17) is 0 Å². The van der Waals surface area contributed by atoms with Crippen LogP contribution in [0.1, 0.15) is 32.3 Å². The molecule has 1 aliphatic heterocycles. The SMILES string of the molecule is CCc1ccccc1NC(=O)[C@H](C)N1C(=O)[C@@H]2CC=CC[C@H]2C1=O. The van der Waals surface area contributed by atoms with Crippen LogP contribution in [0.15, 0.2) is 36.4 Å². The summed E-state index contributed by atoms with van der Waals surface area (Å²) in [6, 6.07) is 6.75. The average Bonchev–Trinajstić information content (AvgIpc) is 2.86. The first-order valence-corrected chi connectivity index (χ1v) is 8.45. The zero-order valence-electron chi connectivity index (χ0n) is 14.0. The van der Waals surface area contributed by atoms with E-state index >= 15 is 0 Å². The van der Waals surface area contributed by atoms with Crippen molar-refractivity contribution < 1.29 is 14.4 Å². The van der Waals surface area contributed by atoms with E-state index in [1.54, 1.807) is 6.92 Å². The van der Waals surface area contributed by atoms with Crippen molar-refractivity contribution in [2.24, 2.45) is 11.8 Å². The molecule has 0 aromatic heterocycles. The van der Waals surface area contributed by atoms with E-state index in [1.807, 2.05) is 43.3 Å². The third-order valence-corrected chi connectivity index (χ3v) is 4.96. The molecule has 3 rings (SSSR count). The number of nitrogens with one attached hydrogen (secondary N) is 1. The minimum Gasteiger partial charge on any atom is -0.324 e. The number of aryl methyl sites for hydroxylation is 1. The first-order valence-electron chi connectivity index (χ1n) is 8.45. The maximum atomic E-state index is 12.6. The second kappa shape index (κ2) is 6.59. The molecule has 0 spiro atoms. The number of carbonyl (C=O) groups excluding carboxylic acids is 3. The fraction of sp³-hybridized carbons (Fsp3) is 0.421. The van der Waals surface area contributed by atoms with Crippen molar-refractivity contribution in [1.82, 2.24) is 4.90 Å². The molecule has 5 heteroatoms. The van der Waals surface area contributed by atoms with Gasteiger partial charge < -0.3 is 5.32 Å². The topological polar surface area (TPSA) is 66.5 Å². The Morgan fingerprint density at radius 2 is 1.75 bits per heavy atom. The summed E-state index contributed by atoms with van der Waals surface area (Å²) in [5.41, 5.74) is 1.75. The van der Waals surface area contributed by atoms with Crippen LogP contribution in [0.25, 0.3) is 0 Å². The lowest BCUT2D eigenvalue weighted by Crippen LogP contribution is -2.46. The maximum Gasteiger partial charge on any atom is 0.247 e. The fourth-order valence-electron chi connectivity index (χ4n) is 3.51. The second-order valence-electron chi connectivity index (χ2n) is 6.38. The molecule has 0 radical (unpaired) electrons. The standard InChI is InChI=1S/C19H22N2O3/c1-3-13-8-4-7-11-16(13)20-17(22)12(2)21-18(23)14-9-5-6-10-15(14)19(21)24/h4-8,11-12,14-15H,3,9-10H2,1-2H3,(H,20,22)/t12-,14+,15+/m0/s1. The van der Waals surface area contributed by atoms with Gasteiger partial charge in [0.2, 0.25) is 17.7 Å². The lowest BCUT2D eigenvalue weighted by molar-refractivity contribution is -0.146. The quantitative estimate of drug-likeness (QED) is 0.683. The molecule has 1 heterocycles. The molecule has 0 saturated carbocycles. The van der Waals surface area contributed by atoms with E-state index in [-0.39, 0.29) is 29.6 Å². The van der Waals surface area contributed by atoms with Gasteiger partial charge in [0.1, 0.15) is 6.04 Å². The molecule has 1 N–H and O–H groups in total. The molecule has 24 heavy (non-hydrogen) atoms. The Balaban J connectivity index is 1.76. The Morgan fingerprint density at radius 1 is 1.17 bits per heavy atom. The van der Waals surface area contributed by atoms with Crippen LogP contribution in [0.5, 0.6) is 0 Å². The summed E-state index contributed by atoms with van der Waals surface area (Å²) in [7, 11) is 0. The average molecular weight is 326 g/mol. The van der Waals surface area contributed by atoms with E-state index < -0.39 is 6.04 Å². The summed E-state index contributed by atoms with van der Waals surface area (Å²) in [5.74, 6) is -1.38. The Kier molecular flexibility index (Phi) is 4.51. The minimum atomic E-state index is -0.805. The molecule has 0 bridgehead atoms. The number of rotatable bonds is 4. The molecule has 5 nitrogen and oxygen atoms in total. The van der Waals surface area contributed by atoms with Gasteiger partial charge in [-0.05, 0) is 37.8 Å². The minimum absolute atomic E-state index is 0.222. The van der Waals surface area contributed by atoms with Gasteiger partial charge in [-0.3, -0.25) is 19.3 Å². The zero-order chi connectivity index (χ0) is 17.3. The van der Waals surface area contributed by atoms with Crippen molar-refractivity contribution in [3.8, 4) is 0 Å². The van der Waals surface area contributed by atoms with E-state index in [0.717, 1.165) is 22.6 Å². The van der Waals surface area contributed by atoms with Crippen LogP contribution < -0.4 is 5.32 Å².